The summed E-state index contributed by atoms with van der Waals surface area (Å²) < 4.78 is 5.29. The molecule has 0 aromatic heterocycles. The average molecular weight is 312 g/mol. The largest absolute Gasteiger partial charge is 0.463 e. The van der Waals surface area contributed by atoms with E-state index in [1.165, 1.54) is 0 Å². The zero-order valence-electron chi connectivity index (χ0n) is 14.5. The third kappa shape index (κ3) is 8.27. The number of aliphatic hydroxyl groups excluding tert-OH is 1. The van der Waals surface area contributed by atoms with Crippen molar-refractivity contribution >= 4 is 20.0 Å². The molecule has 2 amide bonds. The molecule has 0 aromatic rings. The van der Waals surface area contributed by atoms with E-state index in [1.54, 1.807) is 0 Å². The molecule has 0 aromatic carbocycles. The molecule has 0 aliphatic rings. The summed E-state index contributed by atoms with van der Waals surface area (Å²) in [5, 5.41) is 13.5. The third-order valence-corrected chi connectivity index (χ3v) is 3.26. The molecule has 0 spiro atoms. The summed E-state index contributed by atoms with van der Waals surface area (Å²) in [5.41, 5.74) is -0.244. The summed E-state index contributed by atoms with van der Waals surface area (Å²) in [4.78, 5) is 23.5. The number of ether oxygens (including phenoxy) is 1. The van der Waals surface area contributed by atoms with Crippen LogP contribution in [0.3, 0.4) is 0 Å². The van der Waals surface area contributed by atoms with Gasteiger partial charge in [-0.2, -0.15) is 0 Å². The number of rotatable bonds is 6. The van der Waals surface area contributed by atoms with Crippen LogP contribution in [-0.4, -0.2) is 44.3 Å². The first-order valence-corrected chi connectivity index (χ1v) is 7.45. The van der Waals surface area contributed by atoms with Gasteiger partial charge in [-0.05, 0) is 17.3 Å². The SMILES string of the molecule is [B]NC(=O)NC(CO)COC(=O)C(CC(C)(C)C)C(C)(C)C. The highest BCUT2D eigenvalue weighted by Gasteiger charge is 2.36. The molecule has 3 N–H and O–H groups in total. The molecule has 0 heterocycles. The van der Waals surface area contributed by atoms with Crippen LogP contribution in [0, 0.1) is 16.7 Å². The Balaban J connectivity index is 4.72. The zero-order valence-corrected chi connectivity index (χ0v) is 14.5. The number of aliphatic hydroxyl groups is 1. The fraction of sp³-hybridized carbons (Fsp3) is 0.867. The fourth-order valence-electron chi connectivity index (χ4n) is 2.01. The Bertz CT molecular complexity index is 375. The first-order valence-electron chi connectivity index (χ1n) is 7.45. The van der Waals surface area contributed by atoms with Gasteiger partial charge in [0.1, 0.15) is 6.61 Å². The lowest BCUT2D eigenvalue weighted by atomic mass is 9.72. The lowest BCUT2D eigenvalue weighted by Gasteiger charge is -2.34. The van der Waals surface area contributed by atoms with E-state index >= 15 is 0 Å². The minimum absolute atomic E-state index is 0.00890. The molecule has 0 rings (SSSR count). The van der Waals surface area contributed by atoms with Gasteiger partial charge in [0.15, 0.2) is 0 Å². The molecule has 2 atom stereocenters. The molecule has 2 radical (unpaired) electrons. The second-order valence-electron chi connectivity index (χ2n) is 7.81. The molecule has 0 fully saturated rings. The molecule has 0 aliphatic carbocycles. The number of amides is 2. The van der Waals surface area contributed by atoms with Gasteiger partial charge < -0.3 is 20.4 Å². The summed E-state index contributed by atoms with van der Waals surface area (Å²) in [6.45, 7) is 11.8. The van der Waals surface area contributed by atoms with Crippen molar-refractivity contribution in [2.45, 2.75) is 54.0 Å². The van der Waals surface area contributed by atoms with Crippen LogP contribution in [0.2, 0.25) is 0 Å². The van der Waals surface area contributed by atoms with E-state index in [0.717, 1.165) is 0 Å². The van der Waals surface area contributed by atoms with Gasteiger partial charge in [0, 0.05) is 0 Å². The van der Waals surface area contributed by atoms with E-state index in [0.29, 0.717) is 6.42 Å². The summed E-state index contributed by atoms with van der Waals surface area (Å²) in [5.74, 6) is -0.592. The smallest absolute Gasteiger partial charge is 0.309 e. The number of hydrogen-bond donors (Lipinski definition) is 3. The topological polar surface area (TPSA) is 87.7 Å². The van der Waals surface area contributed by atoms with Gasteiger partial charge in [-0.1, -0.05) is 41.5 Å². The average Bonchev–Trinajstić information content (AvgIpc) is 2.37. The molecule has 0 saturated heterocycles. The van der Waals surface area contributed by atoms with Gasteiger partial charge in [0.2, 0.25) is 7.98 Å². The highest BCUT2D eigenvalue weighted by Crippen LogP contribution is 2.36. The predicted molar refractivity (Wildman–Crippen MR) is 86.3 cm³/mol. The summed E-state index contributed by atoms with van der Waals surface area (Å²) in [6.07, 6.45) is 0.690. The number of urea groups is 1. The molecular formula is C15H29BN2O4. The highest BCUT2D eigenvalue weighted by molar-refractivity contribution is 6.13. The number of esters is 1. The van der Waals surface area contributed by atoms with Crippen LogP contribution in [0.4, 0.5) is 4.79 Å². The van der Waals surface area contributed by atoms with Gasteiger partial charge in [-0.3, -0.25) is 9.59 Å². The van der Waals surface area contributed by atoms with Crippen LogP contribution in [0.25, 0.3) is 0 Å². The van der Waals surface area contributed by atoms with Crippen LogP contribution in [0.5, 0.6) is 0 Å². The number of carbonyl (C=O) groups is 2. The van der Waals surface area contributed by atoms with E-state index in [4.69, 9.17) is 12.7 Å². The van der Waals surface area contributed by atoms with Crippen molar-refractivity contribution in [1.29, 1.82) is 0 Å². The van der Waals surface area contributed by atoms with E-state index in [-0.39, 0.29) is 35.9 Å². The first kappa shape index (κ1) is 20.8. The van der Waals surface area contributed by atoms with E-state index in [9.17, 15) is 14.7 Å². The number of hydrogen-bond acceptors (Lipinski definition) is 4. The maximum atomic E-state index is 12.4. The molecular weight excluding hydrogens is 283 g/mol. The van der Waals surface area contributed by atoms with Crippen molar-refractivity contribution in [2.75, 3.05) is 13.2 Å². The Morgan fingerprint density at radius 1 is 1.18 bits per heavy atom. The van der Waals surface area contributed by atoms with Gasteiger partial charge in [-0.25, -0.2) is 0 Å². The Kier molecular flexibility index (Phi) is 7.94. The molecule has 126 valence electrons. The van der Waals surface area contributed by atoms with E-state index < -0.39 is 12.1 Å². The van der Waals surface area contributed by atoms with Crippen molar-refractivity contribution in [3.05, 3.63) is 0 Å². The minimum Gasteiger partial charge on any atom is -0.463 e. The molecule has 6 nitrogen and oxygen atoms in total. The van der Waals surface area contributed by atoms with Gasteiger partial charge in [0.25, 0.3) is 0 Å². The van der Waals surface area contributed by atoms with Crippen LogP contribution in [0.1, 0.15) is 48.0 Å². The molecule has 7 heteroatoms. The standard InChI is InChI=1S/C15H29BN2O4/c1-14(2,3)7-11(15(4,5)6)12(20)22-9-10(8-19)17-13(21)18-16/h10-11,19H,7-9H2,1-6H3,(H2,17,18,21). The Morgan fingerprint density at radius 3 is 2.09 bits per heavy atom. The quantitative estimate of drug-likeness (QED) is 0.511. The molecule has 0 aliphatic heterocycles. The number of carbonyl (C=O) groups excluding carboxylic acids is 2. The van der Waals surface area contributed by atoms with Crippen molar-refractivity contribution in [3.8, 4) is 0 Å². The third-order valence-electron chi connectivity index (χ3n) is 3.26. The van der Waals surface area contributed by atoms with Crippen molar-refractivity contribution in [3.63, 3.8) is 0 Å². The predicted octanol–water partition coefficient (Wildman–Crippen LogP) is 1.37. The highest BCUT2D eigenvalue weighted by atomic mass is 16.5. The lowest BCUT2D eigenvalue weighted by molar-refractivity contribution is -0.154. The molecule has 0 bridgehead atoms. The van der Waals surface area contributed by atoms with Crippen molar-refractivity contribution in [2.24, 2.45) is 16.7 Å². The Labute approximate surface area is 134 Å². The lowest BCUT2D eigenvalue weighted by Crippen LogP contribution is -2.46. The van der Waals surface area contributed by atoms with Crippen LogP contribution in [-0.2, 0) is 9.53 Å². The maximum absolute atomic E-state index is 12.4. The van der Waals surface area contributed by atoms with Crippen molar-refractivity contribution in [1.82, 2.24) is 10.5 Å². The van der Waals surface area contributed by atoms with Gasteiger partial charge in [0.05, 0.1) is 18.6 Å². The van der Waals surface area contributed by atoms with Crippen LogP contribution in [0.15, 0.2) is 0 Å². The Morgan fingerprint density at radius 2 is 1.73 bits per heavy atom. The summed E-state index contributed by atoms with van der Waals surface area (Å²) in [7, 11) is 4.95. The van der Waals surface area contributed by atoms with Gasteiger partial charge >= 0.3 is 12.0 Å². The molecule has 22 heavy (non-hydrogen) atoms. The maximum Gasteiger partial charge on any atom is 0.309 e. The van der Waals surface area contributed by atoms with E-state index in [1.807, 2.05) is 26.0 Å². The van der Waals surface area contributed by atoms with Crippen LogP contribution < -0.4 is 10.5 Å². The van der Waals surface area contributed by atoms with Crippen molar-refractivity contribution < 1.29 is 19.4 Å². The summed E-state index contributed by atoms with van der Waals surface area (Å²) in [6, 6.07) is -1.33. The van der Waals surface area contributed by atoms with Crippen LogP contribution >= 0.6 is 0 Å². The minimum atomic E-state index is -0.692. The van der Waals surface area contributed by atoms with E-state index in [2.05, 4.69) is 26.1 Å². The fourth-order valence-corrected chi connectivity index (χ4v) is 2.01. The second-order valence-corrected chi connectivity index (χ2v) is 7.81. The zero-order chi connectivity index (χ0) is 17.6. The Hall–Kier alpha value is -1.24. The summed E-state index contributed by atoms with van der Waals surface area (Å²) >= 11 is 0. The normalized spacial score (nSPS) is 14.9. The monoisotopic (exact) mass is 312 g/mol. The first-order chi connectivity index (χ1) is 9.90. The second kappa shape index (κ2) is 8.41. The molecule has 0 saturated carbocycles. The van der Waals surface area contributed by atoms with Gasteiger partial charge in [-0.15, -0.1) is 0 Å². The molecule has 2 unspecified atom stereocenters. The number of nitrogens with one attached hydrogen (secondary N) is 2.